The minimum Gasteiger partial charge on any atom is -0.493 e. The summed E-state index contributed by atoms with van der Waals surface area (Å²) < 4.78 is 21.1. The summed E-state index contributed by atoms with van der Waals surface area (Å²) in [6, 6.07) is 7.21. The van der Waals surface area contributed by atoms with Gasteiger partial charge in [0, 0.05) is 13.2 Å². The number of rotatable bonds is 10. The van der Waals surface area contributed by atoms with Crippen molar-refractivity contribution in [2.24, 2.45) is 0 Å². The number of nitro benzene ring substituents is 1. The fourth-order valence-electron chi connectivity index (χ4n) is 2.48. The number of ether oxygens (including phenoxy) is 4. The molecule has 0 aliphatic carbocycles. The van der Waals surface area contributed by atoms with Crippen LogP contribution in [0.4, 0.5) is 11.4 Å². The number of benzene rings is 2. The van der Waals surface area contributed by atoms with Gasteiger partial charge in [-0.15, -0.1) is 0 Å². The van der Waals surface area contributed by atoms with E-state index >= 15 is 0 Å². The van der Waals surface area contributed by atoms with Crippen LogP contribution in [0.15, 0.2) is 30.3 Å². The Morgan fingerprint density at radius 3 is 2.55 bits per heavy atom. The molecule has 10 heteroatoms. The van der Waals surface area contributed by atoms with Gasteiger partial charge in [-0.3, -0.25) is 14.9 Å². The zero-order chi connectivity index (χ0) is 21.4. The van der Waals surface area contributed by atoms with Crippen molar-refractivity contribution in [1.82, 2.24) is 0 Å². The van der Waals surface area contributed by atoms with Gasteiger partial charge in [-0.2, -0.15) is 0 Å². The third-order valence-electron chi connectivity index (χ3n) is 3.77. The largest absolute Gasteiger partial charge is 0.493 e. The van der Waals surface area contributed by atoms with Crippen LogP contribution in [0.5, 0.6) is 17.2 Å². The number of carbonyl (C=O) groups is 1. The molecule has 1 amide bonds. The number of nitrogens with zero attached hydrogens (tertiary/aromatic N) is 1. The minimum absolute atomic E-state index is 0.154. The van der Waals surface area contributed by atoms with Gasteiger partial charge in [-0.25, -0.2) is 0 Å². The first-order valence-corrected chi connectivity index (χ1v) is 9.01. The molecule has 0 aliphatic heterocycles. The second-order valence-electron chi connectivity index (χ2n) is 5.62. The smallest absolute Gasteiger partial charge is 0.286 e. The van der Waals surface area contributed by atoms with Crippen LogP contribution >= 0.6 is 11.6 Å². The molecule has 2 aromatic carbocycles. The molecule has 0 saturated heterocycles. The van der Waals surface area contributed by atoms with E-state index in [4.69, 9.17) is 30.5 Å². The Balaban J connectivity index is 2.41. The van der Waals surface area contributed by atoms with Crippen molar-refractivity contribution in [3.05, 3.63) is 51.0 Å². The Labute approximate surface area is 172 Å². The number of anilines is 1. The average Bonchev–Trinajstić information content (AvgIpc) is 2.69. The van der Waals surface area contributed by atoms with Crippen LogP contribution in [0.1, 0.15) is 17.3 Å². The van der Waals surface area contributed by atoms with Crippen molar-refractivity contribution in [2.45, 2.75) is 6.92 Å². The van der Waals surface area contributed by atoms with Gasteiger partial charge in [-0.05, 0) is 19.1 Å². The lowest BCUT2D eigenvalue weighted by Crippen LogP contribution is -2.16. The molecule has 0 aromatic heterocycles. The number of nitro groups is 1. The summed E-state index contributed by atoms with van der Waals surface area (Å²) in [6.45, 7) is 2.57. The Kier molecular flexibility index (Phi) is 8.05. The van der Waals surface area contributed by atoms with E-state index in [0.717, 1.165) is 6.07 Å². The highest BCUT2D eigenvalue weighted by Crippen LogP contribution is 2.37. The predicted octanol–water partition coefficient (Wildman–Crippen LogP) is 3.93. The summed E-state index contributed by atoms with van der Waals surface area (Å²) in [5.74, 6) is -0.116. The van der Waals surface area contributed by atoms with Crippen LogP contribution in [-0.4, -0.2) is 44.9 Å². The highest BCUT2D eigenvalue weighted by atomic mass is 35.5. The topological polar surface area (TPSA) is 109 Å². The van der Waals surface area contributed by atoms with Crippen molar-refractivity contribution in [3.63, 3.8) is 0 Å². The standard InChI is InChI=1S/C19H21ClN2O7/c1-4-28-17-10-12(15(22(24)25)11-16(17)27-3)19(23)21-14-7-5-6-13(20)18(14)29-9-8-26-2/h5-7,10-11H,4,8-9H2,1-3H3,(H,21,23). The molecule has 2 aromatic rings. The number of methoxy groups -OCH3 is 2. The number of nitrogens with one attached hydrogen (secondary N) is 1. The second-order valence-corrected chi connectivity index (χ2v) is 6.03. The molecule has 0 unspecified atom stereocenters. The molecule has 156 valence electrons. The summed E-state index contributed by atoms with van der Waals surface area (Å²) in [6.07, 6.45) is 0. The van der Waals surface area contributed by atoms with Crippen LogP contribution < -0.4 is 19.5 Å². The summed E-state index contributed by atoms with van der Waals surface area (Å²) in [5.41, 5.74) is -0.351. The molecule has 0 heterocycles. The maximum absolute atomic E-state index is 12.9. The van der Waals surface area contributed by atoms with Crippen LogP contribution in [0, 0.1) is 10.1 Å². The van der Waals surface area contributed by atoms with E-state index in [1.807, 2.05) is 0 Å². The lowest BCUT2D eigenvalue weighted by molar-refractivity contribution is -0.385. The minimum atomic E-state index is -0.723. The maximum Gasteiger partial charge on any atom is 0.286 e. The Bertz CT molecular complexity index is 889. The van der Waals surface area contributed by atoms with E-state index in [9.17, 15) is 14.9 Å². The van der Waals surface area contributed by atoms with E-state index in [2.05, 4.69) is 5.32 Å². The van der Waals surface area contributed by atoms with Crippen LogP contribution in [0.25, 0.3) is 0 Å². The molecule has 0 atom stereocenters. The fourth-order valence-corrected chi connectivity index (χ4v) is 2.71. The zero-order valence-corrected chi connectivity index (χ0v) is 16.9. The van der Waals surface area contributed by atoms with Crippen molar-refractivity contribution in [1.29, 1.82) is 0 Å². The number of hydrogen-bond acceptors (Lipinski definition) is 7. The van der Waals surface area contributed by atoms with Crippen molar-refractivity contribution in [2.75, 3.05) is 39.4 Å². The summed E-state index contributed by atoms with van der Waals surface area (Å²) in [7, 11) is 2.88. The molecule has 0 saturated carbocycles. The molecule has 2 rings (SSSR count). The van der Waals surface area contributed by atoms with Crippen molar-refractivity contribution < 1.29 is 28.7 Å². The molecular formula is C19H21ClN2O7. The maximum atomic E-state index is 12.9. The average molecular weight is 425 g/mol. The third kappa shape index (κ3) is 5.49. The van der Waals surface area contributed by atoms with Crippen LogP contribution in [0.2, 0.25) is 5.02 Å². The van der Waals surface area contributed by atoms with Gasteiger partial charge in [0.15, 0.2) is 17.2 Å². The van der Waals surface area contributed by atoms with Gasteiger partial charge in [0.1, 0.15) is 12.2 Å². The summed E-state index contributed by atoms with van der Waals surface area (Å²) in [4.78, 5) is 23.7. The molecule has 29 heavy (non-hydrogen) atoms. The van der Waals surface area contributed by atoms with Gasteiger partial charge in [-0.1, -0.05) is 17.7 Å². The molecule has 1 N–H and O–H groups in total. The number of halogens is 1. The molecule has 9 nitrogen and oxygen atoms in total. The Morgan fingerprint density at radius 1 is 1.17 bits per heavy atom. The first-order chi connectivity index (χ1) is 13.9. The van der Waals surface area contributed by atoms with E-state index in [1.165, 1.54) is 20.3 Å². The van der Waals surface area contributed by atoms with Crippen LogP contribution in [0.3, 0.4) is 0 Å². The van der Waals surface area contributed by atoms with Gasteiger partial charge in [0.2, 0.25) is 0 Å². The third-order valence-corrected chi connectivity index (χ3v) is 4.07. The zero-order valence-electron chi connectivity index (χ0n) is 16.2. The highest BCUT2D eigenvalue weighted by Gasteiger charge is 2.25. The lowest BCUT2D eigenvalue weighted by Gasteiger charge is -2.15. The van der Waals surface area contributed by atoms with E-state index in [-0.39, 0.29) is 40.1 Å². The molecule has 0 radical (unpaired) electrons. The quantitative estimate of drug-likeness (QED) is 0.349. The van der Waals surface area contributed by atoms with E-state index < -0.39 is 16.5 Å². The monoisotopic (exact) mass is 424 g/mol. The molecule has 0 fully saturated rings. The van der Waals surface area contributed by atoms with Crippen molar-refractivity contribution in [3.8, 4) is 17.2 Å². The number of hydrogen-bond donors (Lipinski definition) is 1. The SMILES string of the molecule is CCOc1cc(C(=O)Nc2cccc(Cl)c2OCCOC)c([N+](=O)[O-])cc1OC. The summed E-state index contributed by atoms with van der Waals surface area (Å²) in [5, 5.41) is 14.4. The van der Waals surface area contributed by atoms with Gasteiger partial charge in [0.05, 0.1) is 42.0 Å². The van der Waals surface area contributed by atoms with Crippen molar-refractivity contribution >= 4 is 28.9 Å². The molecule has 0 bridgehead atoms. The highest BCUT2D eigenvalue weighted by molar-refractivity contribution is 6.32. The Hall–Kier alpha value is -3.04. The first-order valence-electron chi connectivity index (χ1n) is 8.63. The van der Waals surface area contributed by atoms with E-state index in [1.54, 1.807) is 25.1 Å². The second kappa shape index (κ2) is 10.5. The van der Waals surface area contributed by atoms with Gasteiger partial charge < -0.3 is 24.3 Å². The summed E-state index contributed by atoms with van der Waals surface area (Å²) >= 11 is 6.16. The van der Waals surface area contributed by atoms with E-state index in [0.29, 0.717) is 13.2 Å². The normalized spacial score (nSPS) is 10.3. The lowest BCUT2D eigenvalue weighted by atomic mass is 10.1. The van der Waals surface area contributed by atoms with Crippen LogP contribution in [-0.2, 0) is 4.74 Å². The predicted molar refractivity (Wildman–Crippen MR) is 108 cm³/mol. The molecule has 0 spiro atoms. The molecular weight excluding hydrogens is 404 g/mol. The number of para-hydroxylation sites is 1. The first kappa shape index (κ1) is 22.3. The molecule has 0 aliphatic rings. The number of amides is 1. The number of carbonyl (C=O) groups excluding carboxylic acids is 1. The fraction of sp³-hybridized carbons (Fsp3) is 0.316. The van der Waals surface area contributed by atoms with Gasteiger partial charge >= 0.3 is 0 Å². The van der Waals surface area contributed by atoms with Gasteiger partial charge in [0.25, 0.3) is 11.6 Å². The Morgan fingerprint density at radius 2 is 1.93 bits per heavy atom.